The standard InChI is InChI=1S/C19H24N4O2/c1-22-7-9-23(10-8-22)19(24)16-11-17(14-20-13-16)21-12-15-3-5-18(25-2)6-4-15/h3-6,11,13-14,21H,7-10,12H2,1-2H3. The molecule has 0 unspecified atom stereocenters. The van der Waals surface area contributed by atoms with Gasteiger partial charge in [0.25, 0.3) is 5.91 Å². The second-order valence-corrected chi connectivity index (χ2v) is 6.26. The smallest absolute Gasteiger partial charge is 0.255 e. The summed E-state index contributed by atoms with van der Waals surface area (Å²) in [5, 5.41) is 3.32. The van der Waals surface area contributed by atoms with Gasteiger partial charge in [-0.05, 0) is 30.8 Å². The first-order valence-corrected chi connectivity index (χ1v) is 8.45. The van der Waals surface area contributed by atoms with Gasteiger partial charge in [-0.3, -0.25) is 9.78 Å². The van der Waals surface area contributed by atoms with Gasteiger partial charge in [0, 0.05) is 45.1 Å². The predicted octanol–water partition coefficient (Wildman–Crippen LogP) is 2.09. The lowest BCUT2D eigenvalue weighted by Gasteiger charge is -2.32. The Hall–Kier alpha value is -2.60. The van der Waals surface area contributed by atoms with E-state index < -0.39 is 0 Å². The van der Waals surface area contributed by atoms with Crippen molar-refractivity contribution in [1.29, 1.82) is 0 Å². The maximum absolute atomic E-state index is 12.6. The Morgan fingerprint density at radius 1 is 1.16 bits per heavy atom. The van der Waals surface area contributed by atoms with Crippen LogP contribution in [0, 0.1) is 0 Å². The lowest BCUT2D eigenvalue weighted by atomic mass is 10.2. The van der Waals surface area contributed by atoms with Gasteiger partial charge in [0.2, 0.25) is 0 Å². The zero-order valence-electron chi connectivity index (χ0n) is 14.7. The Morgan fingerprint density at radius 2 is 1.88 bits per heavy atom. The number of benzene rings is 1. The quantitative estimate of drug-likeness (QED) is 0.903. The van der Waals surface area contributed by atoms with Crippen molar-refractivity contribution < 1.29 is 9.53 Å². The molecule has 0 spiro atoms. The third-order valence-electron chi connectivity index (χ3n) is 4.43. The molecule has 0 bridgehead atoms. The molecule has 1 aliphatic rings. The summed E-state index contributed by atoms with van der Waals surface area (Å²) < 4.78 is 5.16. The van der Waals surface area contributed by atoms with Crippen molar-refractivity contribution in [2.24, 2.45) is 0 Å². The Morgan fingerprint density at radius 3 is 2.56 bits per heavy atom. The third-order valence-corrected chi connectivity index (χ3v) is 4.43. The number of nitrogens with one attached hydrogen (secondary N) is 1. The molecule has 25 heavy (non-hydrogen) atoms. The number of nitrogens with zero attached hydrogens (tertiary/aromatic N) is 3. The second kappa shape index (κ2) is 7.98. The van der Waals surface area contributed by atoms with Crippen molar-refractivity contribution in [3.05, 3.63) is 53.9 Å². The summed E-state index contributed by atoms with van der Waals surface area (Å²) in [6.45, 7) is 4.01. The van der Waals surface area contributed by atoms with Crippen LogP contribution >= 0.6 is 0 Å². The molecule has 0 radical (unpaired) electrons. The first-order chi connectivity index (χ1) is 12.2. The van der Waals surface area contributed by atoms with Crippen LogP contribution in [-0.4, -0.2) is 61.0 Å². The van der Waals surface area contributed by atoms with Gasteiger partial charge in [0.1, 0.15) is 5.75 Å². The number of aromatic nitrogens is 1. The van der Waals surface area contributed by atoms with Gasteiger partial charge >= 0.3 is 0 Å². The van der Waals surface area contributed by atoms with E-state index in [0.717, 1.165) is 43.2 Å². The number of hydrogen-bond acceptors (Lipinski definition) is 5. The van der Waals surface area contributed by atoms with E-state index in [-0.39, 0.29) is 5.91 Å². The Kier molecular flexibility index (Phi) is 5.50. The molecule has 1 aliphatic heterocycles. The van der Waals surface area contributed by atoms with E-state index in [9.17, 15) is 4.79 Å². The molecule has 1 fully saturated rings. The number of anilines is 1. The van der Waals surface area contributed by atoms with E-state index in [4.69, 9.17) is 4.74 Å². The van der Waals surface area contributed by atoms with Gasteiger partial charge in [-0.1, -0.05) is 12.1 Å². The average molecular weight is 340 g/mol. The van der Waals surface area contributed by atoms with Crippen LogP contribution in [0.2, 0.25) is 0 Å². The van der Waals surface area contributed by atoms with Gasteiger partial charge in [-0.2, -0.15) is 0 Å². The van der Waals surface area contributed by atoms with E-state index in [2.05, 4.69) is 22.2 Å². The molecule has 1 saturated heterocycles. The number of carbonyl (C=O) groups excluding carboxylic acids is 1. The first-order valence-electron chi connectivity index (χ1n) is 8.45. The van der Waals surface area contributed by atoms with Crippen LogP contribution in [0.25, 0.3) is 0 Å². The van der Waals surface area contributed by atoms with Crippen LogP contribution in [0.4, 0.5) is 5.69 Å². The highest BCUT2D eigenvalue weighted by atomic mass is 16.5. The molecule has 1 aromatic carbocycles. The number of carbonyl (C=O) groups is 1. The summed E-state index contributed by atoms with van der Waals surface area (Å²) in [5.74, 6) is 0.888. The summed E-state index contributed by atoms with van der Waals surface area (Å²) in [6.07, 6.45) is 3.38. The lowest BCUT2D eigenvalue weighted by molar-refractivity contribution is 0.0663. The second-order valence-electron chi connectivity index (χ2n) is 6.26. The van der Waals surface area contributed by atoms with Gasteiger partial charge in [0.05, 0.1) is 18.4 Å². The fourth-order valence-electron chi connectivity index (χ4n) is 2.79. The summed E-state index contributed by atoms with van der Waals surface area (Å²) in [7, 11) is 3.73. The van der Waals surface area contributed by atoms with Crippen LogP contribution < -0.4 is 10.1 Å². The maximum Gasteiger partial charge on any atom is 0.255 e. The normalized spacial score (nSPS) is 15.0. The molecule has 0 saturated carbocycles. The number of likely N-dealkylation sites (N-methyl/N-ethyl adjacent to an activating group) is 1. The highest BCUT2D eigenvalue weighted by Crippen LogP contribution is 2.15. The number of pyridine rings is 1. The SMILES string of the molecule is COc1ccc(CNc2cncc(C(=O)N3CCN(C)CC3)c2)cc1. The molecule has 0 aliphatic carbocycles. The summed E-state index contributed by atoms with van der Waals surface area (Å²) >= 11 is 0. The summed E-state index contributed by atoms with van der Waals surface area (Å²) in [5.41, 5.74) is 2.61. The largest absolute Gasteiger partial charge is 0.497 e. The lowest BCUT2D eigenvalue weighted by Crippen LogP contribution is -2.47. The number of piperazine rings is 1. The molecular formula is C19H24N4O2. The van der Waals surface area contributed by atoms with E-state index in [1.807, 2.05) is 35.2 Å². The average Bonchev–Trinajstić information content (AvgIpc) is 2.67. The zero-order valence-corrected chi connectivity index (χ0v) is 14.7. The van der Waals surface area contributed by atoms with Gasteiger partial charge in [0.15, 0.2) is 0 Å². The third kappa shape index (κ3) is 4.48. The number of rotatable bonds is 5. The van der Waals surface area contributed by atoms with E-state index in [1.165, 1.54) is 0 Å². The number of hydrogen-bond donors (Lipinski definition) is 1. The van der Waals surface area contributed by atoms with Crippen LogP contribution in [-0.2, 0) is 6.54 Å². The molecule has 6 heteroatoms. The number of methoxy groups -OCH3 is 1. The van der Waals surface area contributed by atoms with E-state index in [1.54, 1.807) is 19.5 Å². The molecule has 3 rings (SSSR count). The molecule has 0 atom stereocenters. The van der Waals surface area contributed by atoms with E-state index in [0.29, 0.717) is 12.1 Å². The van der Waals surface area contributed by atoms with Crippen molar-refractivity contribution in [2.75, 3.05) is 45.7 Å². The van der Waals surface area contributed by atoms with Gasteiger partial charge < -0.3 is 19.9 Å². The number of ether oxygens (including phenoxy) is 1. The number of amides is 1. The van der Waals surface area contributed by atoms with Crippen molar-refractivity contribution in [3.63, 3.8) is 0 Å². The molecule has 1 amide bonds. The van der Waals surface area contributed by atoms with Crippen LogP contribution in [0.3, 0.4) is 0 Å². The topological polar surface area (TPSA) is 57.7 Å². The van der Waals surface area contributed by atoms with Gasteiger partial charge in [-0.25, -0.2) is 0 Å². The molecule has 6 nitrogen and oxygen atoms in total. The van der Waals surface area contributed by atoms with Crippen LogP contribution in [0.5, 0.6) is 5.75 Å². The molecular weight excluding hydrogens is 316 g/mol. The minimum atomic E-state index is 0.0497. The van der Waals surface area contributed by atoms with Gasteiger partial charge in [-0.15, -0.1) is 0 Å². The van der Waals surface area contributed by atoms with Crippen molar-refractivity contribution in [1.82, 2.24) is 14.8 Å². The molecule has 1 aromatic heterocycles. The molecule has 1 N–H and O–H groups in total. The Balaban J connectivity index is 1.61. The minimum absolute atomic E-state index is 0.0497. The highest BCUT2D eigenvalue weighted by molar-refractivity contribution is 5.94. The van der Waals surface area contributed by atoms with Crippen LogP contribution in [0.1, 0.15) is 15.9 Å². The molecule has 2 heterocycles. The fraction of sp³-hybridized carbons (Fsp3) is 0.368. The van der Waals surface area contributed by atoms with Crippen molar-refractivity contribution >= 4 is 11.6 Å². The minimum Gasteiger partial charge on any atom is -0.497 e. The molecule has 132 valence electrons. The summed E-state index contributed by atoms with van der Waals surface area (Å²) in [6, 6.07) is 9.76. The van der Waals surface area contributed by atoms with Crippen molar-refractivity contribution in [2.45, 2.75) is 6.54 Å². The monoisotopic (exact) mass is 340 g/mol. The Bertz CT molecular complexity index is 710. The maximum atomic E-state index is 12.6. The Labute approximate surface area is 148 Å². The van der Waals surface area contributed by atoms with E-state index >= 15 is 0 Å². The predicted molar refractivity (Wildman–Crippen MR) is 98.0 cm³/mol. The van der Waals surface area contributed by atoms with Crippen LogP contribution in [0.15, 0.2) is 42.7 Å². The molecule has 2 aromatic rings. The fourth-order valence-corrected chi connectivity index (χ4v) is 2.79. The highest BCUT2D eigenvalue weighted by Gasteiger charge is 2.20. The zero-order chi connectivity index (χ0) is 17.6. The first kappa shape index (κ1) is 17.2. The van der Waals surface area contributed by atoms with Crippen molar-refractivity contribution in [3.8, 4) is 5.75 Å². The summed E-state index contributed by atoms with van der Waals surface area (Å²) in [4.78, 5) is 21.0.